The van der Waals surface area contributed by atoms with E-state index in [1.165, 1.54) is 121 Å². The van der Waals surface area contributed by atoms with Crippen LogP contribution in [0.3, 0.4) is 0 Å². The lowest BCUT2D eigenvalue weighted by Gasteiger charge is -2.47. The van der Waals surface area contributed by atoms with Crippen LogP contribution in [0.15, 0.2) is 224 Å². The Kier molecular flexibility index (Phi) is 13.2. The summed E-state index contributed by atoms with van der Waals surface area (Å²) in [6.07, 6.45) is 0. The SMILES string of the molecule is CC(C)(C)c1cc2c3c(c1)N(c1ccccc1C(C)(C)C)c1cc([Si](c4ccccc4)(c4ccccc4)c4ccccc4)ccc1B3c1ccc(-n3c4ccc(C(C)(C)C)cc4c4cc(C(C)(C)C)ccc43)cc1N2c1ccccc1C(C)(C)C. The van der Waals surface area contributed by atoms with Crippen molar-refractivity contribution in [3.8, 4) is 5.69 Å². The predicted octanol–water partition coefficient (Wildman–Crippen LogP) is 16.7. The molecule has 0 radical (unpaired) electrons. The Morgan fingerprint density at radius 2 is 0.682 bits per heavy atom. The summed E-state index contributed by atoms with van der Waals surface area (Å²) in [5, 5.41) is 8.02. The van der Waals surface area contributed by atoms with Crippen LogP contribution in [0, 0.1) is 0 Å². The molecular weight excluding hydrogens is 1040 g/mol. The average Bonchev–Trinajstić information content (AvgIpc) is 0.997. The molecule has 85 heavy (non-hydrogen) atoms. The van der Waals surface area contributed by atoms with Crippen molar-refractivity contribution < 1.29 is 0 Å². The number of hydrogen-bond acceptors (Lipinski definition) is 2. The number of aromatic nitrogens is 1. The smallest absolute Gasteiger partial charge is 0.252 e. The molecule has 0 spiro atoms. The molecule has 0 unspecified atom stereocenters. The number of hydrogen-bond donors (Lipinski definition) is 0. The standard InChI is InChI=1S/C80H82BN3Si/c1-76(2,3)53-39-45-67-61(47-53)62-48-54(77(4,5)6)40-46-68(62)82(67)56-41-43-65-71(51-56)83(69-37-27-25-35-63(69)79(10,11)12)73-49-55(78(7,8)9)50-74-75(73)81(65)66-44-42-60(52-72(66)84(74)70-38-28-26-36-64(70)80(13,14)15)85(57-29-19-16-20-30-57,58-31-21-17-22-32-58)59-33-23-18-24-34-59/h16-52H,1-15H3. The van der Waals surface area contributed by atoms with E-state index in [1.807, 2.05) is 0 Å². The Morgan fingerprint density at radius 1 is 0.294 bits per heavy atom. The summed E-state index contributed by atoms with van der Waals surface area (Å²) < 4.78 is 2.55. The van der Waals surface area contributed by atoms with Crippen LogP contribution in [0.4, 0.5) is 34.1 Å². The minimum Gasteiger partial charge on any atom is -0.311 e. The van der Waals surface area contributed by atoms with Gasteiger partial charge in [-0.25, -0.2) is 0 Å². The highest BCUT2D eigenvalue weighted by Crippen LogP contribution is 2.50. The fourth-order valence-corrected chi connectivity index (χ4v) is 19.0. The van der Waals surface area contributed by atoms with E-state index >= 15 is 0 Å². The molecule has 0 bridgehead atoms. The van der Waals surface area contributed by atoms with Gasteiger partial charge in [0.05, 0.1) is 11.0 Å². The Balaban J connectivity index is 1.18. The Hall–Kier alpha value is -8.12. The minimum absolute atomic E-state index is 0.00898. The van der Waals surface area contributed by atoms with Gasteiger partial charge in [0.1, 0.15) is 0 Å². The van der Waals surface area contributed by atoms with Crippen molar-refractivity contribution in [1.29, 1.82) is 0 Å². The molecule has 0 amide bonds. The molecule has 11 aromatic rings. The van der Waals surface area contributed by atoms with Gasteiger partial charge in [-0.3, -0.25) is 0 Å². The summed E-state index contributed by atoms with van der Waals surface area (Å²) in [6.45, 7) is 35.3. The van der Waals surface area contributed by atoms with Crippen LogP contribution in [0.5, 0.6) is 0 Å². The topological polar surface area (TPSA) is 11.4 Å². The molecule has 0 saturated heterocycles. The van der Waals surface area contributed by atoms with Crippen molar-refractivity contribution in [2.75, 3.05) is 9.80 Å². The lowest BCUT2D eigenvalue weighted by molar-refractivity contribution is 0.588. The second kappa shape index (κ2) is 20.0. The number of anilines is 6. The van der Waals surface area contributed by atoms with Crippen LogP contribution < -0.4 is 46.9 Å². The number of benzene rings is 10. The van der Waals surface area contributed by atoms with Gasteiger partial charge < -0.3 is 14.4 Å². The molecular formula is C80H82BN3Si. The molecule has 3 heterocycles. The van der Waals surface area contributed by atoms with Crippen LogP contribution in [-0.4, -0.2) is 19.4 Å². The maximum Gasteiger partial charge on any atom is 0.252 e. The maximum absolute atomic E-state index is 3.00. The van der Waals surface area contributed by atoms with Crippen molar-refractivity contribution >= 4 is 108 Å². The van der Waals surface area contributed by atoms with Crippen molar-refractivity contribution in [1.82, 2.24) is 4.57 Å². The third-order valence-corrected chi connectivity index (χ3v) is 23.4. The van der Waals surface area contributed by atoms with E-state index in [0.29, 0.717) is 0 Å². The van der Waals surface area contributed by atoms with Crippen LogP contribution >= 0.6 is 0 Å². The van der Waals surface area contributed by atoms with Crippen LogP contribution in [0.1, 0.15) is 132 Å². The highest BCUT2D eigenvalue weighted by atomic mass is 28.3. The highest BCUT2D eigenvalue weighted by molar-refractivity contribution is 7.20. The molecule has 0 atom stereocenters. The van der Waals surface area contributed by atoms with Gasteiger partial charge in [0.25, 0.3) is 6.71 Å². The van der Waals surface area contributed by atoms with Gasteiger partial charge in [-0.2, -0.15) is 0 Å². The van der Waals surface area contributed by atoms with E-state index < -0.39 is 8.07 Å². The largest absolute Gasteiger partial charge is 0.311 e. The first-order valence-corrected chi connectivity index (χ1v) is 32.9. The molecule has 10 aromatic carbocycles. The fraction of sp³-hybridized carbons (Fsp3) is 0.250. The first-order valence-electron chi connectivity index (χ1n) is 30.9. The summed E-state index contributed by atoms with van der Waals surface area (Å²) in [4.78, 5) is 5.38. The van der Waals surface area contributed by atoms with E-state index in [9.17, 15) is 0 Å². The van der Waals surface area contributed by atoms with Crippen molar-refractivity contribution in [3.05, 3.63) is 252 Å². The summed E-state index contributed by atoms with van der Waals surface area (Å²) in [7, 11) is -3.00. The second-order valence-electron chi connectivity index (χ2n) is 29.5. The van der Waals surface area contributed by atoms with Gasteiger partial charge in [0.15, 0.2) is 8.07 Å². The molecule has 0 N–H and O–H groups in total. The highest BCUT2D eigenvalue weighted by Gasteiger charge is 2.48. The van der Waals surface area contributed by atoms with Gasteiger partial charge in [-0.05, 0) is 159 Å². The summed E-state index contributed by atoms with van der Waals surface area (Å²) in [5.41, 5.74) is 20.9. The van der Waals surface area contributed by atoms with Crippen molar-refractivity contribution in [2.24, 2.45) is 0 Å². The third-order valence-electron chi connectivity index (χ3n) is 18.6. The zero-order valence-electron chi connectivity index (χ0n) is 52.8. The maximum atomic E-state index is 2.70. The third kappa shape index (κ3) is 9.23. The minimum atomic E-state index is -3.00. The molecule has 13 rings (SSSR count). The Morgan fingerprint density at radius 3 is 1.09 bits per heavy atom. The summed E-state index contributed by atoms with van der Waals surface area (Å²) in [5.74, 6) is 0. The number of nitrogens with zero attached hydrogens (tertiary/aromatic N) is 3. The first kappa shape index (κ1) is 56.0. The van der Waals surface area contributed by atoms with Gasteiger partial charge in [0.2, 0.25) is 0 Å². The fourth-order valence-electron chi connectivity index (χ4n) is 14.2. The molecule has 2 aliphatic heterocycles. The monoisotopic (exact) mass is 1120 g/mol. The number of rotatable bonds is 7. The molecule has 5 heteroatoms. The molecule has 2 aliphatic rings. The lowest BCUT2D eigenvalue weighted by Crippen LogP contribution is -2.75. The second-order valence-corrected chi connectivity index (χ2v) is 33.3. The zero-order valence-corrected chi connectivity index (χ0v) is 53.8. The van der Waals surface area contributed by atoms with Gasteiger partial charge in [-0.1, -0.05) is 262 Å². The molecule has 0 aliphatic carbocycles. The Bertz CT molecular complexity index is 4220. The average molecular weight is 1120 g/mol. The number of fused-ring (bicyclic) bond motifs is 7. The summed E-state index contributed by atoms with van der Waals surface area (Å²) in [6, 6.07) is 87.5. The van der Waals surface area contributed by atoms with E-state index in [4.69, 9.17) is 0 Å². The predicted molar refractivity (Wildman–Crippen MR) is 372 cm³/mol. The zero-order chi connectivity index (χ0) is 59.8. The van der Waals surface area contributed by atoms with E-state index in [1.54, 1.807) is 0 Å². The van der Waals surface area contributed by atoms with Crippen molar-refractivity contribution in [2.45, 2.75) is 131 Å². The molecule has 424 valence electrons. The van der Waals surface area contributed by atoms with E-state index in [2.05, 4.69) is 343 Å². The van der Waals surface area contributed by atoms with Gasteiger partial charge >= 0.3 is 0 Å². The number of para-hydroxylation sites is 2. The van der Waals surface area contributed by atoms with E-state index in [0.717, 1.165) is 5.69 Å². The molecule has 1 aromatic heterocycles. The Labute approximate surface area is 508 Å². The molecule has 0 saturated carbocycles. The van der Waals surface area contributed by atoms with E-state index in [-0.39, 0.29) is 33.8 Å². The van der Waals surface area contributed by atoms with Gasteiger partial charge in [-0.15, -0.1) is 0 Å². The van der Waals surface area contributed by atoms with Crippen LogP contribution in [0.25, 0.3) is 27.5 Å². The molecule has 3 nitrogen and oxygen atoms in total. The quantitative estimate of drug-likeness (QED) is 0.116. The van der Waals surface area contributed by atoms with Crippen LogP contribution in [0.2, 0.25) is 0 Å². The molecule has 0 fully saturated rings. The van der Waals surface area contributed by atoms with Gasteiger partial charge in [0, 0.05) is 50.6 Å². The van der Waals surface area contributed by atoms with Crippen LogP contribution in [-0.2, 0) is 27.1 Å². The lowest BCUT2D eigenvalue weighted by atomic mass is 9.33. The first-order chi connectivity index (χ1) is 40.3. The summed E-state index contributed by atoms with van der Waals surface area (Å²) >= 11 is 0. The van der Waals surface area contributed by atoms with Crippen molar-refractivity contribution in [3.63, 3.8) is 0 Å². The normalized spacial score (nSPS) is 13.8.